The van der Waals surface area contributed by atoms with Gasteiger partial charge in [-0.1, -0.05) is 0 Å². The van der Waals surface area contributed by atoms with Crippen molar-refractivity contribution in [3.63, 3.8) is 0 Å². The van der Waals surface area contributed by atoms with E-state index in [2.05, 4.69) is 24.7 Å². The summed E-state index contributed by atoms with van der Waals surface area (Å²) in [6.45, 7) is -1.44. The smallest absolute Gasteiger partial charge is 0.416 e. The van der Waals surface area contributed by atoms with Crippen LogP contribution in [0.15, 0.2) is 49.1 Å². The van der Waals surface area contributed by atoms with Crippen LogP contribution in [0.2, 0.25) is 0 Å². The molecule has 1 aliphatic carbocycles. The standard InChI is InChI=1S/C23H20F5N5O2/c1-13(18-19(30-8-7-29-18)20-31-5-2-6-32-20)33(12-14-3-4-14)21(34)15-9-16(23(26,27)28)11-17(10-15)35-22(24)25/h2,5-11,13-14,22H,3-4,12H2,1H3. The van der Waals surface area contributed by atoms with E-state index in [9.17, 15) is 26.7 Å². The molecule has 2 aromatic heterocycles. The Hall–Kier alpha value is -3.70. The molecule has 0 aliphatic heterocycles. The summed E-state index contributed by atoms with van der Waals surface area (Å²) >= 11 is 0. The lowest BCUT2D eigenvalue weighted by molar-refractivity contribution is -0.138. The summed E-state index contributed by atoms with van der Waals surface area (Å²) in [4.78, 5) is 31.9. The van der Waals surface area contributed by atoms with Gasteiger partial charge in [0, 0.05) is 36.9 Å². The van der Waals surface area contributed by atoms with Crippen molar-refractivity contribution in [3.8, 4) is 17.3 Å². The number of alkyl halides is 5. The Morgan fingerprint density at radius 3 is 2.37 bits per heavy atom. The number of hydrogen-bond acceptors (Lipinski definition) is 6. The van der Waals surface area contributed by atoms with Gasteiger partial charge in [-0.05, 0) is 49.9 Å². The van der Waals surface area contributed by atoms with Gasteiger partial charge >= 0.3 is 12.8 Å². The van der Waals surface area contributed by atoms with E-state index in [0.29, 0.717) is 23.5 Å². The summed E-state index contributed by atoms with van der Waals surface area (Å²) < 4.78 is 70.0. The van der Waals surface area contributed by atoms with Crippen LogP contribution in [-0.2, 0) is 6.18 Å². The lowest BCUT2D eigenvalue weighted by atomic mass is 10.0. The fourth-order valence-corrected chi connectivity index (χ4v) is 3.61. The first-order valence-electron chi connectivity index (χ1n) is 10.7. The molecule has 7 nitrogen and oxygen atoms in total. The summed E-state index contributed by atoms with van der Waals surface area (Å²) in [5.41, 5.74) is -1.02. The molecule has 0 bridgehead atoms. The van der Waals surface area contributed by atoms with Crippen LogP contribution in [-0.4, -0.2) is 43.9 Å². The van der Waals surface area contributed by atoms with Gasteiger partial charge < -0.3 is 9.64 Å². The van der Waals surface area contributed by atoms with Crippen molar-refractivity contribution in [2.45, 2.75) is 38.6 Å². The van der Waals surface area contributed by atoms with E-state index < -0.39 is 41.6 Å². The van der Waals surface area contributed by atoms with Gasteiger partial charge in [-0.15, -0.1) is 0 Å². The monoisotopic (exact) mass is 493 g/mol. The van der Waals surface area contributed by atoms with Crippen LogP contribution in [0.4, 0.5) is 22.0 Å². The second-order valence-electron chi connectivity index (χ2n) is 8.06. The van der Waals surface area contributed by atoms with Gasteiger partial charge in [0.2, 0.25) is 0 Å². The number of hydrogen-bond donors (Lipinski definition) is 0. The highest BCUT2D eigenvalue weighted by Gasteiger charge is 2.36. The average molecular weight is 493 g/mol. The van der Waals surface area contributed by atoms with E-state index in [0.717, 1.165) is 18.9 Å². The molecule has 1 aromatic carbocycles. The lowest BCUT2D eigenvalue weighted by Gasteiger charge is -2.30. The maximum atomic E-state index is 13.5. The van der Waals surface area contributed by atoms with E-state index in [4.69, 9.17) is 0 Å². The minimum absolute atomic E-state index is 0.164. The molecule has 0 radical (unpaired) electrons. The predicted molar refractivity (Wildman–Crippen MR) is 113 cm³/mol. The van der Waals surface area contributed by atoms with Crippen molar-refractivity contribution in [2.75, 3.05) is 6.54 Å². The summed E-state index contributed by atoms with van der Waals surface area (Å²) in [7, 11) is 0. The number of carbonyl (C=O) groups excluding carboxylic acids is 1. The topological polar surface area (TPSA) is 81.1 Å². The fourth-order valence-electron chi connectivity index (χ4n) is 3.61. The lowest BCUT2D eigenvalue weighted by Crippen LogP contribution is -2.36. The van der Waals surface area contributed by atoms with E-state index in [1.165, 1.54) is 29.7 Å². The van der Waals surface area contributed by atoms with Crippen LogP contribution in [0.5, 0.6) is 5.75 Å². The number of carbonyl (C=O) groups is 1. The summed E-state index contributed by atoms with van der Waals surface area (Å²) in [5, 5.41) is 0. The largest absolute Gasteiger partial charge is 0.435 e. The molecule has 0 N–H and O–H groups in total. The zero-order valence-electron chi connectivity index (χ0n) is 18.4. The molecule has 1 atom stereocenters. The van der Waals surface area contributed by atoms with Crippen molar-refractivity contribution in [3.05, 3.63) is 65.9 Å². The summed E-state index contributed by atoms with van der Waals surface area (Å²) in [5.74, 6) is -1.10. The molecule has 1 aliphatic rings. The molecular formula is C23H20F5N5O2. The second-order valence-corrected chi connectivity index (χ2v) is 8.06. The first-order chi connectivity index (χ1) is 16.6. The van der Waals surface area contributed by atoms with Crippen LogP contribution in [0, 0.1) is 5.92 Å². The molecular weight excluding hydrogens is 473 g/mol. The predicted octanol–water partition coefficient (Wildman–Crippen LogP) is 5.17. The van der Waals surface area contributed by atoms with Crippen LogP contribution in [0.3, 0.4) is 0 Å². The van der Waals surface area contributed by atoms with Gasteiger partial charge in [-0.2, -0.15) is 22.0 Å². The Labute approximate surface area is 197 Å². The SMILES string of the molecule is CC(c1nccnc1-c1ncccn1)N(CC1CC1)C(=O)c1cc(OC(F)F)cc(C(F)(F)F)c1. The number of halogens is 5. The van der Waals surface area contributed by atoms with Gasteiger partial charge in [-0.3, -0.25) is 9.78 Å². The molecule has 3 aromatic rings. The van der Waals surface area contributed by atoms with Gasteiger partial charge in [0.15, 0.2) is 5.82 Å². The Morgan fingerprint density at radius 2 is 1.74 bits per heavy atom. The highest BCUT2D eigenvalue weighted by Crippen LogP contribution is 2.37. The average Bonchev–Trinajstić information content (AvgIpc) is 3.65. The zero-order valence-corrected chi connectivity index (χ0v) is 18.4. The number of benzene rings is 1. The first-order valence-corrected chi connectivity index (χ1v) is 10.7. The Balaban J connectivity index is 1.74. The van der Waals surface area contributed by atoms with Gasteiger partial charge in [0.05, 0.1) is 17.3 Å². The summed E-state index contributed by atoms with van der Waals surface area (Å²) in [6, 6.07) is 2.84. The van der Waals surface area contributed by atoms with Crippen molar-refractivity contribution >= 4 is 5.91 Å². The molecule has 1 amide bonds. The highest BCUT2D eigenvalue weighted by atomic mass is 19.4. The third kappa shape index (κ3) is 5.87. The third-order valence-corrected chi connectivity index (χ3v) is 5.49. The van der Waals surface area contributed by atoms with Gasteiger partial charge in [-0.25, -0.2) is 15.0 Å². The number of nitrogens with zero attached hydrogens (tertiary/aromatic N) is 5. The van der Waals surface area contributed by atoms with Crippen molar-refractivity contribution in [1.82, 2.24) is 24.8 Å². The maximum absolute atomic E-state index is 13.5. The Morgan fingerprint density at radius 1 is 1.06 bits per heavy atom. The van der Waals surface area contributed by atoms with Crippen molar-refractivity contribution < 1.29 is 31.5 Å². The highest BCUT2D eigenvalue weighted by molar-refractivity contribution is 5.95. The van der Waals surface area contributed by atoms with Crippen molar-refractivity contribution in [1.29, 1.82) is 0 Å². The quantitative estimate of drug-likeness (QED) is 0.403. The van der Waals surface area contributed by atoms with Crippen LogP contribution in [0.25, 0.3) is 11.5 Å². The summed E-state index contributed by atoms with van der Waals surface area (Å²) in [6.07, 6.45) is 2.75. The van der Waals surface area contributed by atoms with Gasteiger partial charge in [0.25, 0.3) is 5.91 Å². The van der Waals surface area contributed by atoms with Crippen LogP contribution in [0.1, 0.15) is 47.4 Å². The number of amides is 1. The molecule has 12 heteroatoms. The fraction of sp³-hybridized carbons (Fsp3) is 0.348. The molecule has 4 rings (SSSR count). The molecule has 1 unspecified atom stereocenters. The Bertz CT molecular complexity index is 1190. The number of rotatable bonds is 8. The first kappa shape index (κ1) is 24.4. The minimum atomic E-state index is -4.87. The molecule has 35 heavy (non-hydrogen) atoms. The second kappa shape index (κ2) is 9.88. The molecule has 0 saturated heterocycles. The Kier molecular flexibility index (Phi) is 6.90. The minimum Gasteiger partial charge on any atom is -0.435 e. The number of aromatic nitrogens is 4. The molecule has 2 heterocycles. The molecule has 184 valence electrons. The maximum Gasteiger partial charge on any atom is 0.416 e. The van der Waals surface area contributed by atoms with Gasteiger partial charge in [0.1, 0.15) is 11.4 Å². The molecule has 1 saturated carbocycles. The zero-order chi connectivity index (χ0) is 25.2. The normalized spacial score (nSPS) is 14.6. The molecule has 1 fully saturated rings. The van der Waals surface area contributed by atoms with E-state index >= 15 is 0 Å². The third-order valence-electron chi connectivity index (χ3n) is 5.49. The number of ether oxygens (including phenoxy) is 1. The van der Waals surface area contributed by atoms with Crippen molar-refractivity contribution in [2.24, 2.45) is 5.92 Å². The van der Waals surface area contributed by atoms with Crippen LogP contribution < -0.4 is 4.74 Å². The van der Waals surface area contributed by atoms with E-state index in [1.54, 1.807) is 13.0 Å². The molecule has 0 spiro atoms. The van der Waals surface area contributed by atoms with E-state index in [1.807, 2.05) is 0 Å². The van der Waals surface area contributed by atoms with E-state index in [-0.39, 0.29) is 18.3 Å². The van der Waals surface area contributed by atoms with Crippen LogP contribution >= 0.6 is 0 Å².